The van der Waals surface area contributed by atoms with Gasteiger partial charge >= 0.3 is 0 Å². The van der Waals surface area contributed by atoms with Gasteiger partial charge in [-0.25, -0.2) is 0 Å². The molecule has 2 rings (SSSR count). The Morgan fingerprint density at radius 3 is 1.56 bits per heavy atom. The lowest BCUT2D eigenvalue weighted by atomic mass is 10.2. The Balaban J connectivity index is 1.71. The number of rotatable bonds is 8. The highest BCUT2D eigenvalue weighted by molar-refractivity contribution is 6.36. The van der Waals surface area contributed by atoms with Gasteiger partial charge in [-0.2, -0.15) is 0 Å². The summed E-state index contributed by atoms with van der Waals surface area (Å²) in [6, 6.07) is 5.85. The number of phenolic OH excluding ortho intramolecular Hbond substituents is 2. The van der Waals surface area contributed by atoms with Crippen LogP contribution in [-0.4, -0.2) is 35.9 Å². The van der Waals surface area contributed by atoms with Crippen LogP contribution in [-0.2, 0) is 9.68 Å². The first-order chi connectivity index (χ1) is 12.9. The minimum Gasteiger partial charge on any atom is -0.506 e. The molecule has 144 valence electrons. The number of oxime groups is 2. The minimum absolute atomic E-state index is 0.127. The second kappa shape index (κ2) is 10.5. The normalized spacial score (nSPS) is 11.4. The van der Waals surface area contributed by atoms with Crippen LogP contribution in [0.15, 0.2) is 34.6 Å². The van der Waals surface area contributed by atoms with Crippen LogP contribution in [0, 0.1) is 0 Å². The smallest absolute Gasteiger partial charge is 0.143 e. The first kappa shape index (κ1) is 21.4. The largest absolute Gasteiger partial charge is 0.506 e. The van der Waals surface area contributed by atoms with Crippen molar-refractivity contribution in [2.75, 3.05) is 13.2 Å². The van der Waals surface area contributed by atoms with Crippen molar-refractivity contribution in [3.8, 4) is 11.5 Å². The molecule has 0 bridgehead atoms. The molecule has 2 aromatic carbocycles. The number of benzene rings is 2. The number of phenols is 2. The lowest BCUT2D eigenvalue weighted by Crippen LogP contribution is -1.96. The van der Waals surface area contributed by atoms with Crippen LogP contribution >= 0.6 is 46.4 Å². The van der Waals surface area contributed by atoms with Crippen molar-refractivity contribution >= 4 is 58.8 Å². The van der Waals surface area contributed by atoms with Gasteiger partial charge in [0.05, 0.1) is 22.5 Å². The zero-order chi connectivity index (χ0) is 19.8. The summed E-state index contributed by atoms with van der Waals surface area (Å²) >= 11 is 23.3. The molecular weight excluding hydrogens is 438 g/mol. The Labute approximate surface area is 175 Å². The number of halogens is 4. The van der Waals surface area contributed by atoms with Gasteiger partial charge in [0, 0.05) is 27.6 Å². The molecule has 0 saturated carbocycles. The summed E-state index contributed by atoms with van der Waals surface area (Å²) in [4.78, 5) is 10.1. The summed E-state index contributed by atoms with van der Waals surface area (Å²) in [5.74, 6) is -0.258. The predicted molar refractivity (Wildman–Crippen MR) is 108 cm³/mol. The van der Waals surface area contributed by atoms with Crippen molar-refractivity contribution in [3.05, 3.63) is 55.5 Å². The molecule has 0 aliphatic heterocycles. The highest BCUT2D eigenvalue weighted by Crippen LogP contribution is 2.30. The summed E-state index contributed by atoms with van der Waals surface area (Å²) in [7, 11) is 0. The van der Waals surface area contributed by atoms with E-state index in [0.29, 0.717) is 27.6 Å². The van der Waals surface area contributed by atoms with Crippen LogP contribution in [0.3, 0.4) is 0 Å². The summed E-state index contributed by atoms with van der Waals surface area (Å²) in [5.41, 5.74) is 0.682. The third-order valence-corrected chi connectivity index (χ3v) is 4.13. The molecule has 0 atom stereocenters. The highest BCUT2D eigenvalue weighted by atomic mass is 35.5. The summed E-state index contributed by atoms with van der Waals surface area (Å²) in [6.07, 6.45) is 3.11. The zero-order valence-corrected chi connectivity index (χ0v) is 16.7. The highest BCUT2D eigenvalue weighted by Gasteiger charge is 2.06. The van der Waals surface area contributed by atoms with Crippen molar-refractivity contribution in [1.29, 1.82) is 0 Å². The van der Waals surface area contributed by atoms with Gasteiger partial charge < -0.3 is 19.9 Å². The molecule has 0 spiro atoms. The van der Waals surface area contributed by atoms with Gasteiger partial charge in [-0.1, -0.05) is 56.7 Å². The SMILES string of the molecule is Oc1c(Cl)cc(Cl)cc1/C=N/OCCCO/N=C/c1cc(Cl)cc(Cl)c1O. The van der Waals surface area contributed by atoms with E-state index in [1.54, 1.807) is 0 Å². The van der Waals surface area contributed by atoms with E-state index in [1.807, 2.05) is 0 Å². The maximum atomic E-state index is 9.76. The number of aromatic hydroxyl groups is 2. The lowest BCUT2D eigenvalue weighted by Gasteiger charge is -2.03. The molecule has 0 aliphatic rings. The maximum Gasteiger partial charge on any atom is 0.143 e. The molecule has 2 aromatic rings. The minimum atomic E-state index is -0.129. The van der Waals surface area contributed by atoms with Gasteiger partial charge in [-0.05, 0) is 24.3 Å². The molecule has 0 aromatic heterocycles. The second-order valence-corrected chi connectivity index (χ2v) is 6.83. The molecule has 0 amide bonds. The van der Waals surface area contributed by atoms with E-state index in [2.05, 4.69) is 10.3 Å². The molecule has 0 heterocycles. The van der Waals surface area contributed by atoms with Gasteiger partial charge in [-0.15, -0.1) is 0 Å². The number of hydrogen-bond donors (Lipinski definition) is 2. The Hall–Kier alpha value is -1.86. The number of hydrogen-bond acceptors (Lipinski definition) is 6. The van der Waals surface area contributed by atoms with Gasteiger partial charge in [0.25, 0.3) is 0 Å². The van der Waals surface area contributed by atoms with Crippen LogP contribution in [0.1, 0.15) is 17.5 Å². The molecule has 0 radical (unpaired) electrons. The first-order valence-corrected chi connectivity index (χ1v) is 9.06. The van der Waals surface area contributed by atoms with Crippen LogP contribution in [0.5, 0.6) is 11.5 Å². The predicted octanol–water partition coefficient (Wildman–Crippen LogP) is 5.50. The van der Waals surface area contributed by atoms with E-state index in [9.17, 15) is 10.2 Å². The average Bonchev–Trinajstić information content (AvgIpc) is 2.61. The fraction of sp³-hybridized carbons (Fsp3) is 0.176. The molecule has 0 fully saturated rings. The van der Waals surface area contributed by atoms with E-state index in [4.69, 9.17) is 56.1 Å². The topological polar surface area (TPSA) is 83.6 Å². The number of nitrogens with zero attached hydrogens (tertiary/aromatic N) is 2. The van der Waals surface area contributed by atoms with E-state index in [0.717, 1.165) is 0 Å². The van der Waals surface area contributed by atoms with Crippen LogP contribution < -0.4 is 0 Å². The van der Waals surface area contributed by atoms with Crippen molar-refractivity contribution in [1.82, 2.24) is 0 Å². The van der Waals surface area contributed by atoms with E-state index < -0.39 is 0 Å². The van der Waals surface area contributed by atoms with Gasteiger partial charge in [0.2, 0.25) is 0 Å². The quantitative estimate of drug-likeness (QED) is 0.315. The fourth-order valence-corrected chi connectivity index (χ4v) is 2.87. The summed E-state index contributed by atoms with van der Waals surface area (Å²) < 4.78 is 0. The molecular formula is C17H14Cl4N2O4. The molecule has 10 heteroatoms. The second-order valence-electron chi connectivity index (χ2n) is 5.14. The van der Waals surface area contributed by atoms with Gasteiger partial charge in [0.15, 0.2) is 0 Å². The Bertz CT molecular complexity index is 790. The molecule has 2 N–H and O–H groups in total. The van der Waals surface area contributed by atoms with Crippen molar-refractivity contribution in [2.45, 2.75) is 6.42 Å². The fourth-order valence-electron chi connectivity index (χ4n) is 1.85. The molecule has 0 saturated heterocycles. The molecule has 6 nitrogen and oxygen atoms in total. The third-order valence-electron chi connectivity index (χ3n) is 3.12. The maximum absolute atomic E-state index is 9.76. The zero-order valence-electron chi connectivity index (χ0n) is 13.7. The first-order valence-electron chi connectivity index (χ1n) is 7.55. The molecule has 0 aliphatic carbocycles. The van der Waals surface area contributed by atoms with E-state index >= 15 is 0 Å². The lowest BCUT2D eigenvalue weighted by molar-refractivity contribution is 0.0914. The van der Waals surface area contributed by atoms with E-state index in [1.165, 1.54) is 36.7 Å². The Kier molecular flexibility index (Phi) is 8.31. The van der Waals surface area contributed by atoms with Crippen molar-refractivity contribution in [3.63, 3.8) is 0 Å². The Morgan fingerprint density at radius 2 is 1.15 bits per heavy atom. The molecule has 0 unspecified atom stereocenters. The van der Waals surface area contributed by atoms with E-state index in [-0.39, 0.29) is 34.8 Å². The Morgan fingerprint density at radius 1 is 0.741 bits per heavy atom. The van der Waals surface area contributed by atoms with Gasteiger partial charge in [-0.3, -0.25) is 0 Å². The molecule has 27 heavy (non-hydrogen) atoms. The standard InChI is InChI=1S/C17H14Cl4N2O4/c18-12-4-10(16(24)14(20)6-12)8-22-26-2-1-3-27-23-9-11-5-13(19)7-15(21)17(11)25/h4-9,24-25H,1-3H2/b22-8+,23-9+. The van der Waals surface area contributed by atoms with Crippen molar-refractivity contribution < 1.29 is 19.9 Å². The average molecular weight is 452 g/mol. The monoisotopic (exact) mass is 450 g/mol. The van der Waals surface area contributed by atoms with Gasteiger partial charge in [0.1, 0.15) is 24.7 Å². The summed E-state index contributed by atoms with van der Waals surface area (Å²) in [5, 5.41) is 28.0. The summed E-state index contributed by atoms with van der Waals surface area (Å²) in [6.45, 7) is 0.518. The van der Waals surface area contributed by atoms with Crippen LogP contribution in [0.25, 0.3) is 0 Å². The van der Waals surface area contributed by atoms with Crippen LogP contribution in [0.2, 0.25) is 20.1 Å². The van der Waals surface area contributed by atoms with Crippen LogP contribution in [0.4, 0.5) is 0 Å². The third kappa shape index (κ3) is 6.66. The van der Waals surface area contributed by atoms with Crippen molar-refractivity contribution in [2.24, 2.45) is 10.3 Å².